The maximum absolute atomic E-state index is 10.4. The van der Waals surface area contributed by atoms with Gasteiger partial charge in [-0.15, -0.1) is 0 Å². The zero-order valence-corrected chi connectivity index (χ0v) is 5.52. The van der Waals surface area contributed by atoms with E-state index >= 15 is 0 Å². The lowest BCUT2D eigenvalue weighted by Crippen LogP contribution is -1.96. The molecule has 0 saturated heterocycles. The molecule has 54 valence electrons. The van der Waals surface area contributed by atoms with Gasteiger partial charge in [0.25, 0.3) is 0 Å². The van der Waals surface area contributed by atoms with Crippen molar-refractivity contribution in [2.24, 2.45) is 5.11 Å². The van der Waals surface area contributed by atoms with Crippen LogP contribution in [0.4, 0.5) is 0 Å². The molecule has 0 atom stereocenters. The number of methoxy groups -OCH3 is 1. The van der Waals surface area contributed by atoms with Crippen LogP contribution in [0.15, 0.2) is 17.4 Å². The predicted molar refractivity (Wildman–Crippen MR) is 34.9 cm³/mol. The first-order chi connectivity index (χ1) is 4.81. The molecule has 10 heavy (non-hydrogen) atoms. The Morgan fingerprint density at radius 2 is 2.60 bits per heavy atom. The zero-order valence-electron chi connectivity index (χ0n) is 5.52. The smallest absolute Gasteiger partial charge is 0.309 e. The fraction of sp³-hybridized carbons (Fsp3) is 0.400. The van der Waals surface area contributed by atoms with Gasteiger partial charge in [-0.25, -0.2) is 0 Å². The minimum absolute atomic E-state index is 0.134. The van der Waals surface area contributed by atoms with Crippen LogP contribution in [0.25, 0.3) is 10.4 Å². The lowest BCUT2D eigenvalue weighted by Gasteiger charge is -1.89. The maximum Gasteiger partial charge on any atom is 0.309 e. The second-order valence-electron chi connectivity index (χ2n) is 1.37. The minimum Gasteiger partial charge on any atom is -0.469 e. The number of hydrogen-bond donors (Lipinski definition) is 0. The van der Waals surface area contributed by atoms with Crippen molar-refractivity contribution >= 4 is 5.97 Å². The number of azide groups is 1. The molecule has 0 radical (unpaired) electrons. The summed E-state index contributed by atoms with van der Waals surface area (Å²) in [6.07, 6.45) is 2.76. The molecule has 5 nitrogen and oxygen atoms in total. The summed E-state index contributed by atoms with van der Waals surface area (Å²) in [6.45, 7) is 0. The number of esters is 1. The monoisotopic (exact) mass is 141 g/mol. The molecule has 0 fully saturated rings. The number of rotatable bonds is 3. The Morgan fingerprint density at radius 3 is 3.10 bits per heavy atom. The third-order valence-electron chi connectivity index (χ3n) is 0.736. The van der Waals surface area contributed by atoms with Gasteiger partial charge in [-0.05, 0) is 11.7 Å². The highest BCUT2D eigenvalue weighted by Gasteiger charge is 1.91. The quantitative estimate of drug-likeness (QED) is 0.257. The molecule has 0 aliphatic carbocycles. The number of hydrogen-bond acceptors (Lipinski definition) is 3. The van der Waals surface area contributed by atoms with Crippen molar-refractivity contribution in [2.45, 2.75) is 6.42 Å². The Balaban J connectivity index is 3.52. The highest BCUT2D eigenvalue weighted by molar-refractivity contribution is 5.70. The molecule has 0 amide bonds. The Bertz CT molecular complexity index is 181. The molecular weight excluding hydrogens is 134 g/mol. The fourth-order valence-electron chi connectivity index (χ4n) is 0.309. The lowest BCUT2D eigenvalue weighted by atomic mass is 10.4. The van der Waals surface area contributed by atoms with Crippen LogP contribution < -0.4 is 0 Å². The predicted octanol–water partition coefficient (Wildman–Crippen LogP) is 1.37. The van der Waals surface area contributed by atoms with Gasteiger partial charge < -0.3 is 4.74 Å². The standard InChI is InChI=1S/C5H7N3O2/c1-10-5(9)3-2-4-7-8-6/h2,4H,3H2,1H3/b4-2-. The molecule has 0 N–H and O–H groups in total. The van der Waals surface area contributed by atoms with Crippen LogP contribution in [-0.4, -0.2) is 13.1 Å². The van der Waals surface area contributed by atoms with Crippen LogP contribution in [0.1, 0.15) is 6.42 Å². The molecule has 0 heterocycles. The molecule has 0 aromatic rings. The van der Waals surface area contributed by atoms with Gasteiger partial charge in [0.1, 0.15) is 0 Å². The first kappa shape index (κ1) is 8.52. The van der Waals surface area contributed by atoms with Crippen LogP contribution in [0.5, 0.6) is 0 Å². The fourth-order valence-corrected chi connectivity index (χ4v) is 0.309. The Hall–Kier alpha value is -1.48. The van der Waals surface area contributed by atoms with Crippen molar-refractivity contribution in [1.29, 1.82) is 0 Å². The average molecular weight is 141 g/mol. The van der Waals surface area contributed by atoms with E-state index in [9.17, 15) is 4.79 Å². The summed E-state index contributed by atoms with van der Waals surface area (Å²) < 4.78 is 4.31. The van der Waals surface area contributed by atoms with Crippen molar-refractivity contribution in [1.82, 2.24) is 0 Å². The Labute approximate surface area is 57.9 Å². The second-order valence-corrected chi connectivity index (χ2v) is 1.37. The van der Waals surface area contributed by atoms with Crippen molar-refractivity contribution in [3.05, 3.63) is 22.7 Å². The second kappa shape index (κ2) is 5.65. The van der Waals surface area contributed by atoms with E-state index in [2.05, 4.69) is 14.8 Å². The van der Waals surface area contributed by atoms with E-state index in [4.69, 9.17) is 5.53 Å². The normalized spacial score (nSPS) is 8.90. The van der Waals surface area contributed by atoms with Gasteiger partial charge in [0, 0.05) is 4.91 Å². The summed E-state index contributed by atoms with van der Waals surface area (Å²) in [4.78, 5) is 12.8. The third-order valence-corrected chi connectivity index (χ3v) is 0.736. The van der Waals surface area contributed by atoms with E-state index in [1.54, 1.807) is 0 Å². The summed E-state index contributed by atoms with van der Waals surface area (Å²) in [5.74, 6) is -0.357. The molecule has 5 heteroatoms. The summed E-state index contributed by atoms with van der Waals surface area (Å²) in [5.41, 5.74) is 7.78. The lowest BCUT2D eigenvalue weighted by molar-refractivity contribution is -0.139. The first-order valence-corrected chi connectivity index (χ1v) is 2.57. The van der Waals surface area contributed by atoms with Crippen molar-refractivity contribution in [3.8, 4) is 0 Å². The number of carbonyl (C=O) groups excluding carboxylic acids is 1. The zero-order chi connectivity index (χ0) is 7.82. The third kappa shape index (κ3) is 4.67. The van der Waals surface area contributed by atoms with Crippen molar-refractivity contribution < 1.29 is 9.53 Å². The Kier molecular flexibility index (Phi) is 4.82. The van der Waals surface area contributed by atoms with Crippen LogP contribution in [0.2, 0.25) is 0 Å². The molecule has 0 aliphatic rings. The minimum atomic E-state index is -0.357. The van der Waals surface area contributed by atoms with E-state index in [1.165, 1.54) is 19.4 Å². The summed E-state index contributed by atoms with van der Waals surface area (Å²) >= 11 is 0. The summed E-state index contributed by atoms with van der Waals surface area (Å²) in [5, 5.41) is 3.07. The summed E-state index contributed by atoms with van der Waals surface area (Å²) in [7, 11) is 1.30. The molecule has 0 aromatic carbocycles. The van der Waals surface area contributed by atoms with E-state index < -0.39 is 0 Å². The molecule has 0 saturated carbocycles. The van der Waals surface area contributed by atoms with Gasteiger partial charge in [0.15, 0.2) is 0 Å². The van der Waals surface area contributed by atoms with Gasteiger partial charge in [0.2, 0.25) is 0 Å². The molecule has 0 aromatic heterocycles. The van der Waals surface area contributed by atoms with Gasteiger partial charge in [-0.3, -0.25) is 4.79 Å². The molecular formula is C5H7N3O2. The largest absolute Gasteiger partial charge is 0.469 e. The first-order valence-electron chi connectivity index (χ1n) is 2.57. The highest BCUT2D eigenvalue weighted by atomic mass is 16.5. The maximum atomic E-state index is 10.4. The summed E-state index contributed by atoms with van der Waals surface area (Å²) in [6, 6.07) is 0. The van der Waals surface area contributed by atoms with Gasteiger partial charge in [-0.2, -0.15) is 0 Å². The molecule has 0 aliphatic heterocycles. The topological polar surface area (TPSA) is 75.1 Å². The SMILES string of the molecule is COC(=O)C/C=C\N=[N+]=[N-]. The van der Waals surface area contributed by atoms with E-state index in [-0.39, 0.29) is 12.4 Å². The number of ether oxygens (including phenoxy) is 1. The van der Waals surface area contributed by atoms with Crippen molar-refractivity contribution in [3.63, 3.8) is 0 Å². The number of carbonyl (C=O) groups is 1. The van der Waals surface area contributed by atoms with Crippen LogP contribution in [-0.2, 0) is 9.53 Å². The Morgan fingerprint density at radius 1 is 1.90 bits per heavy atom. The van der Waals surface area contributed by atoms with Gasteiger partial charge >= 0.3 is 5.97 Å². The van der Waals surface area contributed by atoms with E-state index in [0.717, 1.165) is 0 Å². The van der Waals surface area contributed by atoms with Crippen molar-refractivity contribution in [2.75, 3.05) is 7.11 Å². The van der Waals surface area contributed by atoms with Gasteiger partial charge in [0.05, 0.1) is 13.5 Å². The van der Waals surface area contributed by atoms with Crippen LogP contribution >= 0.6 is 0 Å². The molecule has 0 spiro atoms. The van der Waals surface area contributed by atoms with Gasteiger partial charge in [-0.1, -0.05) is 11.2 Å². The van der Waals surface area contributed by atoms with Crippen LogP contribution in [0, 0.1) is 0 Å². The number of nitrogens with zero attached hydrogens (tertiary/aromatic N) is 3. The molecule has 0 bridgehead atoms. The van der Waals surface area contributed by atoms with Crippen LogP contribution in [0.3, 0.4) is 0 Å². The average Bonchev–Trinajstić information content (AvgIpc) is 1.98. The van der Waals surface area contributed by atoms with E-state index in [1.807, 2.05) is 0 Å². The molecule has 0 unspecified atom stereocenters. The van der Waals surface area contributed by atoms with E-state index in [0.29, 0.717) is 0 Å². The molecule has 0 rings (SSSR count). The highest BCUT2D eigenvalue weighted by Crippen LogP contribution is 1.86.